The van der Waals surface area contributed by atoms with Gasteiger partial charge in [-0.05, 0) is 41.8 Å². The average Bonchev–Trinajstić information content (AvgIpc) is 2.64. The Kier molecular flexibility index (Phi) is 6.95. The molecule has 0 saturated carbocycles. The molecule has 0 spiro atoms. The predicted molar refractivity (Wildman–Crippen MR) is 96.8 cm³/mol. The lowest BCUT2D eigenvalue weighted by Crippen LogP contribution is -2.14. The van der Waals surface area contributed by atoms with Gasteiger partial charge in [0, 0.05) is 17.8 Å². The molecule has 0 heterocycles. The maximum Gasteiger partial charge on any atom is 0.267 e. The van der Waals surface area contributed by atoms with E-state index in [1.165, 1.54) is 23.7 Å². The first kappa shape index (κ1) is 17.9. The van der Waals surface area contributed by atoms with Crippen LogP contribution in [0.5, 0.6) is 0 Å². The molecule has 0 radical (unpaired) electrons. The van der Waals surface area contributed by atoms with Crippen molar-refractivity contribution in [3.05, 3.63) is 89.7 Å². The van der Waals surface area contributed by atoms with Crippen molar-refractivity contribution in [1.82, 2.24) is 5.48 Å². The zero-order valence-electron chi connectivity index (χ0n) is 13.5. The summed E-state index contributed by atoms with van der Waals surface area (Å²) in [6.07, 6.45) is 6.55. The van der Waals surface area contributed by atoms with E-state index in [0.29, 0.717) is 17.7 Å². The molecule has 0 aliphatic heterocycles. The van der Waals surface area contributed by atoms with E-state index in [2.05, 4.69) is 11.0 Å². The lowest BCUT2D eigenvalue weighted by atomic mass is 10.1. The highest BCUT2D eigenvalue weighted by Crippen LogP contribution is 2.12. The molecule has 5 nitrogen and oxygen atoms in total. The SMILES string of the molecule is O=C(C=C=CCc1ccccc1)Nc1cccc(/C=C/C(=O)NO)c1. The highest BCUT2D eigenvalue weighted by atomic mass is 16.5. The van der Waals surface area contributed by atoms with E-state index in [1.807, 2.05) is 30.3 Å². The van der Waals surface area contributed by atoms with Crippen LogP contribution >= 0.6 is 0 Å². The van der Waals surface area contributed by atoms with Gasteiger partial charge in [0.1, 0.15) is 0 Å². The topological polar surface area (TPSA) is 78.4 Å². The molecule has 25 heavy (non-hydrogen) atoms. The maximum absolute atomic E-state index is 11.9. The van der Waals surface area contributed by atoms with Gasteiger partial charge in [-0.3, -0.25) is 14.8 Å². The molecule has 2 aromatic carbocycles. The van der Waals surface area contributed by atoms with Gasteiger partial charge in [-0.15, -0.1) is 5.73 Å². The predicted octanol–water partition coefficient (Wildman–Crippen LogP) is 3.10. The minimum absolute atomic E-state index is 0.293. The zero-order valence-corrected chi connectivity index (χ0v) is 13.5. The van der Waals surface area contributed by atoms with Crippen molar-refractivity contribution in [2.24, 2.45) is 0 Å². The standard InChI is InChI=1S/C20H18N2O3/c23-19(12-5-4-9-16-7-2-1-3-8-16)21-18-11-6-10-17(15-18)13-14-20(24)22-25/h1-4,6-8,10-15,25H,9H2,(H,21,23)(H,22,24)/b14-13+. The number of hydrogen-bond acceptors (Lipinski definition) is 3. The van der Waals surface area contributed by atoms with Gasteiger partial charge in [0.05, 0.1) is 0 Å². The van der Waals surface area contributed by atoms with Gasteiger partial charge < -0.3 is 5.32 Å². The van der Waals surface area contributed by atoms with Gasteiger partial charge in [0.25, 0.3) is 11.8 Å². The van der Waals surface area contributed by atoms with E-state index in [4.69, 9.17) is 5.21 Å². The van der Waals surface area contributed by atoms with Crippen LogP contribution in [0.2, 0.25) is 0 Å². The fourth-order valence-corrected chi connectivity index (χ4v) is 2.03. The second kappa shape index (κ2) is 9.67. The molecule has 2 aromatic rings. The largest absolute Gasteiger partial charge is 0.322 e. The molecule has 0 bridgehead atoms. The van der Waals surface area contributed by atoms with Crippen LogP contribution in [0, 0.1) is 0 Å². The quantitative estimate of drug-likeness (QED) is 0.329. The van der Waals surface area contributed by atoms with Crippen molar-refractivity contribution < 1.29 is 14.8 Å². The Balaban J connectivity index is 1.92. The highest BCUT2D eigenvalue weighted by molar-refractivity contribution is 5.99. The molecule has 126 valence electrons. The molecule has 0 saturated heterocycles. The highest BCUT2D eigenvalue weighted by Gasteiger charge is 1.98. The van der Waals surface area contributed by atoms with Crippen molar-refractivity contribution in [1.29, 1.82) is 0 Å². The Morgan fingerprint density at radius 3 is 2.60 bits per heavy atom. The molecular formula is C20H18N2O3. The normalized spacial score (nSPS) is 9.96. The Morgan fingerprint density at radius 1 is 1.04 bits per heavy atom. The van der Waals surface area contributed by atoms with Crippen LogP contribution in [-0.2, 0) is 16.0 Å². The number of amides is 2. The molecule has 2 amide bonds. The molecular weight excluding hydrogens is 316 g/mol. The number of carbonyl (C=O) groups excluding carboxylic acids is 2. The van der Waals surface area contributed by atoms with Crippen LogP contribution in [0.25, 0.3) is 6.08 Å². The van der Waals surface area contributed by atoms with E-state index in [-0.39, 0.29) is 5.91 Å². The van der Waals surface area contributed by atoms with Gasteiger partial charge in [0.2, 0.25) is 0 Å². The first-order valence-electron chi connectivity index (χ1n) is 7.65. The van der Waals surface area contributed by atoms with Crippen molar-refractivity contribution in [2.45, 2.75) is 6.42 Å². The van der Waals surface area contributed by atoms with Gasteiger partial charge in [-0.1, -0.05) is 42.5 Å². The third kappa shape index (κ3) is 6.71. The van der Waals surface area contributed by atoms with Crippen molar-refractivity contribution in [3.63, 3.8) is 0 Å². The third-order valence-electron chi connectivity index (χ3n) is 3.20. The second-order valence-electron chi connectivity index (χ2n) is 5.13. The summed E-state index contributed by atoms with van der Waals surface area (Å²) >= 11 is 0. The van der Waals surface area contributed by atoms with E-state index in [1.54, 1.807) is 30.3 Å². The summed E-state index contributed by atoms with van der Waals surface area (Å²) in [6, 6.07) is 16.9. The molecule has 0 aliphatic carbocycles. The Labute approximate surface area is 146 Å². The summed E-state index contributed by atoms with van der Waals surface area (Å²) in [6.45, 7) is 0. The smallest absolute Gasteiger partial charge is 0.267 e. The minimum Gasteiger partial charge on any atom is -0.322 e. The number of carbonyl (C=O) groups is 2. The lowest BCUT2D eigenvalue weighted by Gasteiger charge is -2.02. The molecule has 0 atom stereocenters. The van der Waals surface area contributed by atoms with Gasteiger partial charge in [-0.25, -0.2) is 5.48 Å². The summed E-state index contributed by atoms with van der Waals surface area (Å²) < 4.78 is 0. The minimum atomic E-state index is -0.624. The van der Waals surface area contributed by atoms with Crippen LogP contribution in [0.1, 0.15) is 11.1 Å². The van der Waals surface area contributed by atoms with Crippen LogP contribution in [0.4, 0.5) is 5.69 Å². The Bertz CT molecular complexity index is 820. The first-order valence-corrected chi connectivity index (χ1v) is 7.65. The third-order valence-corrected chi connectivity index (χ3v) is 3.20. The van der Waals surface area contributed by atoms with E-state index >= 15 is 0 Å². The first-order chi connectivity index (χ1) is 12.2. The summed E-state index contributed by atoms with van der Waals surface area (Å²) in [7, 11) is 0. The van der Waals surface area contributed by atoms with E-state index < -0.39 is 5.91 Å². The number of hydrogen-bond donors (Lipinski definition) is 3. The lowest BCUT2D eigenvalue weighted by molar-refractivity contribution is -0.124. The van der Waals surface area contributed by atoms with Crippen LogP contribution in [0.15, 0.2) is 78.6 Å². The summed E-state index contributed by atoms with van der Waals surface area (Å²) in [5.74, 6) is -0.917. The monoisotopic (exact) mass is 334 g/mol. The average molecular weight is 334 g/mol. The fraction of sp³-hybridized carbons (Fsp3) is 0.0500. The van der Waals surface area contributed by atoms with Crippen LogP contribution in [-0.4, -0.2) is 17.0 Å². The van der Waals surface area contributed by atoms with E-state index in [9.17, 15) is 9.59 Å². The molecule has 0 aliphatic rings. The van der Waals surface area contributed by atoms with Crippen molar-refractivity contribution in [3.8, 4) is 0 Å². The van der Waals surface area contributed by atoms with E-state index in [0.717, 1.165) is 5.56 Å². The fourth-order valence-electron chi connectivity index (χ4n) is 2.03. The van der Waals surface area contributed by atoms with Gasteiger partial charge in [-0.2, -0.15) is 0 Å². The molecule has 0 aromatic heterocycles. The number of anilines is 1. The van der Waals surface area contributed by atoms with Crippen molar-refractivity contribution >= 4 is 23.6 Å². The number of hydroxylamine groups is 1. The summed E-state index contributed by atoms with van der Waals surface area (Å²) in [5.41, 5.74) is 6.83. The summed E-state index contributed by atoms with van der Waals surface area (Å²) in [4.78, 5) is 22.8. The second-order valence-corrected chi connectivity index (χ2v) is 5.13. The van der Waals surface area contributed by atoms with Gasteiger partial charge >= 0.3 is 0 Å². The molecule has 3 N–H and O–H groups in total. The zero-order chi connectivity index (χ0) is 17.9. The molecule has 0 unspecified atom stereocenters. The van der Waals surface area contributed by atoms with Crippen LogP contribution in [0.3, 0.4) is 0 Å². The molecule has 5 heteroatoms. The summed E-state index contributed by atoms with van der Waals surface area (Å²) in [5, 5.41) is 11.2. The molecule has 2 rings (SSSR count). The van der Waals surface area contributed by atoms with Crippen LogP contribution < -0.4 is 10.8 Å². The Hall–Kier alpha value is -3.40. The number of nitrogens with one attached hydrogen (secondary N) is 2. The van der Waals surface area contributed by atoms with Gasteiger partial charge in [0.15, 0.2) is 0 Å². The maximum atomic E-state index is 11.9. The van der Waals surface area contributed by atoms with Crippen molar-refractivity contribution in [2.75, 3.05) is 5.32 Å². The molecule has 0 fully saturated rings. The Morgan fingerprint density at radius 2 is 1.84 bits per heavy atom. The number of rotatable bonds is 6. The number of benzene rings is 2.